The van der Waals surface area contributed by atoms with Gasteiger partial charge in [0.25, 0.3) is 5.91 Å². The van der Waals surface area contributed by atoms with Crippen molar-refractivity contribution in [1.29, 1.82) is 0 Å². The molecule has 6 nitrogen and oxygen atoms in total. The molecule has 0 fully saturated rings. The minimum absolute atomic E-state index is 0.253. The first-order valence-electron chi connectivity index (χ1n) is 9.04. The van der Waals surface area contributed by atoms with Crippen LogP contribution in [-0.2, 0) is 0 Å². The Labute approximate surface area is 176 Å². The van der Waals surface area contributed by atoms with Crippen LogP contribution in [0.2, 0.25) is 0 Å². The SMILES string of the molecule is COc1ccc(Br)cc1C(=O)Nc1cc2nn(-c3ccc(C)cc3)nc2cc1C. The van der Waals surface area contributed by atoms with E-state index in [2.05, 4.69) is 31.4 Å². The lowest BCUT2D eigenvalue weighted by Crippen LogP contribution is -2.14. The van der Waals surface area contributed by atoms with E-state index < -0.39 is 0 Å². The Kier molecular flexibility index (Phi) is 5.07. The third-order valence-electron chi connectivity index (χ3n) is 4.65. The summed E-state index contributed by atoms with van der Waals surface area (Å²) >= 11 is 3.40. The number of amides is 1. The van der Waals surface area contributed by atoms with Gasteiger partial charge in [-0.15, -0.1) is 10.2 Å². The second-order valence-corrected chi connectivity index (χ2v) is 7.70. The number of hydrogen-bond acceptors (Lipinski definition) is 4. The molecule has 0 aliphatic rings. The molecule has 0 spiro atoms. The van der Waals surface area contributed by atoms with Gasteiger partial charge in [0.1, 0.15) is 16.8 Å². The van der Waals surface area contributed by atoms with Gasteiger partial charge in [0.05, 0.1) is 18.4 Å². The number of nitrogens with zero attached hydrogens (tertiary/aromatic N) is 3. The number of carbonyl (C=O) groups excluding carboxylic acids is 1. The van der Waals surface area contributed by atoms with Crippen LogP contribution >= 0.6 is 15.9 Å². The molecule has 1 heterocycles. The predicted octanol–water partition coefficient (Wildman–Crippen LogP) is 5.06. The topological polar surface area (TPSA) is 69.0 Å². The highest BCUT2D eigenvalue weighted by atomic mass is 79.9. The molecule has 1 amide bonds. The zero-order valence-electron chi connectivity index (χ0n) is 16.2. The van der Waals surface area contributed by atoms with Crippen molar-refractivity contribution in [2.45, 2.75) is 13.8 Å². The molecular formula is C22H19BrN4O2. The Morgan fingerprint density at radius 3 is 2.38 bits per heavy atom. The summed E-state index contributed by atoms with van der Waals surface area (Å²) in [5, 5.41) is 12.1. The number of benzene rings is 3. The number of aromatic nitrogens is 3. The summed E-state index contributed by atoms with van der Waals surface area (Å²) in [5.41, 5.74) is 5.55. The average molecular weight is 451 g/mol. The summed E-state index contributed by atoms with van der Waals surface area (Å²) < 4.78 is 6.12. The van der Waals surface area contributed by atoms with E-state index in [9.17, 15) is 4.79 Å². The van der Waals surface area contributed by atoms with Crippen molar-refractivity contribution >= 4 is 38.6 Å². The summed E-state index contributed by atoms with van der Waals surface area (Å²) in [5.74, 6) is 0.256. The summed E-state index contributed by atoms with van der Waals surface area (Å²) in [6.45, 7) is 3.97. The molecule has 0 unspecified atom stereocenters. The van der Waals surface area contributed by atoms with Crippen molar-refractivity contribution in [1.82, 2.24) is 15.0 Å². The van der Waals surface area contributed by atoms with E-state index >= 15 is 0 Å². The van der Waals surface area contributed by atoms with Crippen molar-refractivity contribution in [2.75, 3.05) is 12.4 Å². The Hall–Kier alpha value is -3.19. The minimum Gasteiger partial charge on any atom is -0.496 e. The number of carbonyl (C=O) groups is 1. The molecule has 7 heteroatoms. The number of methoxy groups -OCH3 is 1. The fourth-order valence-corrected chi connectivity index (χ4v) is 3.40. The van der Waals surface area contributed by atoms with Gasteiger partial charge in [0.15, 0.2) is 0 Å². The van der Waals surface area contributed by atoms with Gasteiger partial charge in [-0.2, -0.15) is 4.80 Å². The highest BCUT2D eigenvalue weighted by molar-refractivity contribution is 9.10. The zero-order valence-corrected chi connectivity index (χ0v) is 17.8. The summed E-state index contributed by atoms with van der Waals surface area (Å²) in [7, 11) is 1.54. The van der Waals surface area contributed by atoms with Gasteiger partial charge in [-0.05, 0) is 61.9 Å². The largest absolute Gasteiger partial charge is 0.496 e. The number of hydrogen-bond donors (Lipinski definition) is 1. The van der Waals surface area contributed by atoms with E-state index in [1.165, 1.54) is 5.56 Å². The quantitative estimate of drug-likeness (QED) is 0.471. The number of nitrogens with one attached hydrogen (secondary N) is 1. The van der Waals surface area contributed by atoms with Crippen molar-refractivity contribution in [3.8, 4) is 11.4 Å². The highest BCUT2D eigenvalue weighted by Gasteiger charge is 2.15. The molecule has 0 atom stereocenters. The first-order valence-corrected chi connectivity index (χ1v) is 9.83. The molecule has 29 heavy (non-hydrogen) atoms. The molecule has 0 bridgehead atoms. The van der Waals surface area contributed by atoms with Crippen LogP contribution in [0.3, 0.4) is 0 Å². The standard InChI is InChI=1S/C22H19BrN4O2/c1-13-4-7-16(8-5-13)27-25-19-10-14(2)18(12-20(19)26-27)24-22(28)17-11-15(23)6-9-21(17)29-3/h4-12H,1-3H3,(H,24,28). The Morgan fingerprint density at radius 2 is 1.69 bits per heavy atom. The van der Waals surface area contributed by atoms with E-state index in [4.69, 9.17) is 4.74 Å². The van der Waals surface area contributed by atoms with E-state index in [0.29, 0.717) is 22.5 Å². The van der Waals surface area contributed by atoms with E-state index in [0.717, 1.165) is 21.2 Å². The highest BCUT2D eigenvalue weighted by Crippen LogP contribution is 2.26. The second-order valence-electron chi connectivity index (χ2n) is 6.78. The van der Waals surface area contributed by atoms with Crippen LogP contribution in [0.4, 0.5) is 5.69 Å². The molecule has 1 aromatic heterocycles. The van der Waals surface area contributed by atoms with Gasteiger partial charge in [0, 0.05) is 10.2 Å². The van der Waals surface area contributed by atoms with Gasteiger partial charge in [-0.3, -0.25) is 4.79 Å². The molecule has 0 saturated heterocycles. The van der Waals surface area contributed by atoms with Gasteiger partial charge < -0.3 is 10.1 Å². The van der Waals surface area contributed by atoms with Crippen LogP contribution in [0.5, 0.6) is 5.75 Å². The fraction of sp³-hybridized carbons (Fsp3) is 0.136. The maximum atomic E-state index is 12.8. The molecule has 4 aromatic rings. The third-order valence-corrected chi connectivity index (χ3v) is 5.14. The number of ether oxygens (including phenoxy) is 1. The van der Waals surface area contributed by atoms with Gasteiger partial charge in [-0.25, -0.2) is 0 Å². The predicted molar refractivity (Wildman–Crippen MR) is 117 cm³/mol. The monoisotopic (exact) mass is 450 g/mol. The molecule has 4 rings (SSSR count). The lowest BCUT2D eigenvalue weighted by atomic mass is 10.1. The first kappa shape index (κ1) is 19.1. The van der Waals surface area contributed by atoms with Crippen LogP contribution in [0.15, 0.2) is 59.1 Å². The molecule has 3 aromatic carbocycles. The van der Waals surface area contributed by atoms with Gasteiger partial charge in [-0.1, -0.05) is 33.6 Å². The van der Waals surface area contributed by atoms with Crippen LogP contribution < -0.4 is 10.1 Å². The maximum Gasteiger partial charge on any atom is 0.259 e. The summed E-state index contributed by atoms with van der Waals surface area (Å²) in [6.07, 6.45) is 0. The number of halogens is 1. The molecule has 1 N–H and O–H groups in total. The van der Waals surface area contributed by atoms with Gasteiger partial charge >= 0.3 is 0 Å². The fourth-order valence-electron chi connectivity index (χ4n) is 3.04. The molecule has 0 saturated carbocycles. The third kappa shape index (κ3) is 3.86. The first-order chi connectivity index (χ1) is 13.9. The Balaban J connectivity index is 1.68. The van der Waals surface area contributed by atoms with Crippen molar-refractivity contribution in [3.63, 3.8) is 0 Å². The Bertz CT molecular complexity index is 1220. The van der Waals surface area contributed by atoms with Crippen LogP contribution in [-0.4, -0.2) is 28.0 Å². The average Bonchev–Trinajstić information content (AvgIpc) is 3.11. The molecule has 146 valence electrons. The number of anilines is 1. The lowest BCUT2D eigenvalue weighted by molar-refractivity contribution is 0.102. The van der Waals surface area contributed by atoms with E-state index in [1.54, 1.807) is 24.0 Å². The smallest absolute Gasteiger partial charge is 0.259 e. The van der Waals surface area contributed by atoms with Crippen molar-refractivity contribution < 1.29 is 9.53 Å². The zero-order chi connectivity index (χ0) is 20.5. The van der Waals surface area contributed by atoms with Crippen molar-refractivity contribution in [3.05, 3.63) is 75.8 Å². The number of fused-ring (bicyclic) bond motifs is 1. The summed E-state index contributed by atoms with van der Waals surface area (Å²) in [4.78, 5) is 14.4. The normalized spacial score (nSPS) is 10.9. The summed E-state index contributed by atoms with van der Waals surface area (Å²) in [6, 6.07) is 17.1. The minimum atomic E-state index is -0.253. The molecule has 0 aliphatic heterocycles. The number of aryl methyl sites for hydroxylation is 2. The van der Waals surface area contributed by atoms with Crippen LogP contribution in [0.1, 0.15) is 21.5 Å². The van der Waals surface area contributed by atoms with E-state index in [1.807, 2.05) is 56.3 Å². The van der Waals surface area contributed by atoms with Gasteiger partial charge in [0.2, 0.25) is 0 Å². The molecule has 0 aliphatic carbocycles. The number of rotatable bonds is 4. The lowest BCUT2D eigenvalue weighted by Gasteiger charge is -2.11. The molecule has 0 radical (unpaired) electrons. The Morgan fingerprint density at radius 1 is 1.00 bits per heavy atom. The van der Waals surface area contributed by atoms with Crippen molar-refractivity contribution in [2.24, 2.45) is 0 Å². The second kappa shape index (κ2) is 7.67. The van der Waals surface area contributed by atoms with E-state index in [-0.39, 0.29) is 5.91 Å². The maximum absolute atomic E-state index is 12.8. The van der Waals surface area contributed by atoms with Crippen LogP contribution in [0.25, 0.3) is 16.7 Å². The molecular weight excluding hydrogens is 432 g/mol. The van der Waals surface area contributed by atoms with Crippen LogP contribution in [0, 0.1) is 13.8 Å².